The highest BCUT2D eigenvalue weighted by Crippen LogP contribution is 2.26. The first-order chi connectivity index (χ1) is 7.97. The van der Waals surface area contributed by atoms with Gasteiger partial charge in [0.2, 0.25) is 0 Å². The van der Waals surface area contributed by atoms with Crippen molar-refractivity contribution < 1.29 is 8.78 Å². The molecule has 6 heteroatoms. The van der Waals surface area contributed by atoms with E-state index in [-0.39, 0.29) is 4.47 Å². The number of aromatic nitrogens is 1. The summed E-state index contributed by atoms with van der Waals surface area (Å²) in [5.74, 6) is -0.916. The summed E-state index contributed by atoms with van der Waals surface area (Å²) in [4.78, 5) is 4.90. The van der Waals surface area contributed by atoms with Gasteiger partial charge in [-0.25, -0.2) is 13.8 Å². The van der Waals surface area contributed by atoms with Crippen molar-refractivity contribution >= 4 is 32.4 Å². The van der Waals surface area contributed by atoms with Crippen molar-refractivity contribution in [1.82, 2.24) is 4.98 Å². The van der Waals surface area contributed by atoms with E-state index in [1.165, 1.54) is 17.4 Å². The number of nitrogens with zero attached hydrogens (tertiary/aromatic N) is 1. The first kappa shape index (κ1) is 12.4. The van der Waals surface area contributed by atoms with E-state index in [1.54, 1.807) is 6.92 Å². The fourth-order valence-electron chi connectivity index (χ4n) is 1.49. The summed E-state index contributed by atoms with van der Waals surface area (Å²) in [6, 6.07) is 2.32. The standard InChI is InChI=1S/C11H9BrF2N2S/c1-5-10(17-11(15)16-5)3-6-2-9(14)7(12)4-8(6)13/h2,4H,3H2,1H3,(H2,15,16). The summed E-state index contributed by atoms with van der Waals surface area (Å²) >= 11 is 4.23. The van der Waals surface area contributed by atoms with Crippen LogP contribution in [0.5, 0.6) is 0 Å². The summed E-state index contributed by atoms with van der Waals surface area (Å²) in [6.45, 7) is 1.80. The monoisotopic (exact) mass is 318 g/mol. The van der Waals surface area contributed by atoms with E-state index in [2.05, 4.69) is 20.9 Å². The van der Waals surface area contributed by atoms with Gasteiger partial charge in [-0.15, -0.1) is 11.3 Å². The predicted octanol–water partition coefficient (Wildman–Crippen LogP) is 3.67. The lowest BCUT2D eigenvalue weighted by Crippen LogP contribution is -1.95. The molecule has 0 amide bonds. The Bertz CT molecular complexity index is 569. The van der Waals surface area contributed by atoms with Gasteiger partial charge in [0.15, 0.2) is 5.13 Å². The smallest absolute Gasteiger partial charge is 0.180 e. The normalized spacial score (nSPS) is 10.8. The predicted molar refractivity (Wildman–Crippen MR) is 68.1 cm³/mol. The molecule has 0 saturated heterocycles. The van der Waals surface area contributed by atoms with Gasteiger partial charge in [-0.2, -0.15) is 0 Å². The van der Waals surface area contributed by atoms with Gasteiger partial charge in [0.25, 0.3) is 0 Å². The van der Waals surface area contributed by atoms with Gasteiger partial charge in [-0.3, -0.25) is 0 Å². The Kier molecular flexibility index (Phi) is 3.44. The third-order valence-electron chi connectivity index (χ3n) is 2.35. The molecule has 2 aromatic rings. The average Bonchev–Trinajstić information content (AvgIpc) is 2.54. The van der Waals surface area contributed by atoms with Crippen LogP contribution in [0.1, 0.15) is 16.1 Å². The van der Waals surface area contributed by atoms with Gasteiger partial charge in [0.1, 0.15) is 11.6 Å². The fourth-order valence-corrected chi connectivity index (χ4v) is 2.66. The number of benzene rings is 1. The van der Waals surface area contributed by atoms with Crippen molar-refractivity contribution in [2.24, 2.45) is 0 Å². The number of nitrogens with two attached hydrogens (primary N) is 1. The van der Waals surface area contributed by atoms with E-state index in [0.717, 1.165) is 16.6 Å². The molecule has 0 aliphatic heterocycles. The number of halogens is 3. The summed E-state index contributed by atoms with van der Waals surface area (Å²) in [5.41, 5.74) is 6.62. The second-order valence-corrected chi connectivity index (χ2v) is 5.56. The number of hydrogen-bond acceptors (Lipinski definition) is 3. The molecule has 1 heterocycles. The average molecular weight is 319 g/mol. The second kappa shape index (κ2) is 4.70. The quantitative estimate of drug-likeness (QED) is 0.858. The Balaban J connectivity index is 2.36. The van der Waals surface area contributed by atoms with Crippen LogP contribution in [-0.4, -0.2) is 4.98 Å². The molecule has 90 valence electrons. The Morgan fingerprint density at radius 3 is 2.65 bits per heavy atom. The number of anilines is 1. The van der Waals surface area contributed by atoms with Gasteiger partial charge < -0.3 is 5.73 Å². The van der Waals surface area contributed by atoms with E-state index in [1.807, 2.05) is 0 Å². The molecule has 2 N–H and O–H groups in total. The Morgan fingerprint density at radius 1 is 1.35 bits per heavy atom. The topological polar surface area (TPSA) is 38.9 Å². The minimum atomic E-state index is -0.475. The third-order valence-corrected chi connectivity index (χ3v) is 3.94. The molecular formula is C11H9BrF2N2S. The van der Waals surface area contributed by atoms with Crippen molar-refractivity contribution in [3.63, 3.8) is 0 Å². The molecule has 1 aromatic carbocycles. The molecule has 0 fully saturated rings. The highest BCUT2D eigenvalue weighted by Gasteiger charge is 2.12. The van der Waals surface area contributed by atoms with E-state index >= 15 is 0 Å². The third kappa shape index (κ3) is 2.63. The highest BCUT2D eigenvalue weighted by atomic mass is 79.9. The van der Waals surface area contributed by atoms with E-state index in [9.17, 15) is 8.78 Å². The molecule has 2 nitrogen and oxygen atoms in total. The molecule has 17 heavy (non-hydrogen) atoms. The largest absolute Gasteiger partial charge is 0.375 e. The molecule has 0 aliphatic carbocycles. The Labute approximate surface area is 110 Å². The minimum Gasteiger partial charge on any atom is -0.375 e. The number of rotatable bonds is 2. The summed E-state index contributed by atoms with van der Waals surface area (Å²) in [5, 5.41) is 0.440. The van der Waals surface area contributed by atoms with Crippen LogP contribution in [0, 0.1) is 18.6 Å². The van der Waals surface area contributed by atoms with Crippen LogP contribution in [-0.2, 0) is 6.42 Å². The lowest BCUT2D eigenvalue weighted by molar-refractivity contribution is 0.583. The van der Waals surface area contributed by atoms with Crippen LogP contribution in [0.25, 0.3) is 0 Å². The molecular weight excluding hydrogens is 310 g/mol. The number of aryl methyl sites for hydroxylation is 1. The summed E-state index contributed by atoms with van der Waals surface area (Å²) < 4.78 is 27.1. The minimum absolute atomic E-state index is 0.124. The van der Waals surface area contributed by atoms with E-state index < -0.39 is 11.6 Å². The van der Waals surface area contributed by atoms with Crippen molar-refractivity contribution in [2.45, 2.75) is 13.3 Å². The molecule has 0 atom stereocenters. The van der Waals surface area contributed by atoms with Crippen molar-refractivity contribution in [3.8, 4) is 0 Å². The molecule has 0 saturated carbocycles. The SMILES string of the molecule is Cc1nc(N)sc1Cc1cc(F)c(Br)cc1F. The number of thiazole rings is 1. The zero-order valence-corrected chi connectivity index (χ0v) is 11.3. The zero-order chi connectivity index (χ0) is 12.6. The summed E-state index contributed by atoms with van der Waals surface area (Å²) in [7, 11) is 0. The molecule has 0 radical (unpaired) electrons. The van der Waals surface area contributed by atoms with Crippen LogP contribution in [0.4, 0.5) is 13.9 Å². The molecule has 2 rings (SSSR count). The summed E-state index contributed by atoms with van der Waals surface area (Å²) in [6.07, 6.45) is 0.302. The molecule has 0 aliphatic rings. The van der Waals surface area contributed by atoms with E-state index in [0.29, 0.717) is 17.1 Å². The lowest BCUT2D eigenvalue weighted by atomic mass is 10.1. The molecule has 0 bridgehead atoms. The lowest BCUT2D eigenvalue weighted by Gasteiger charge is -2.03. The van der Waals surface area contributed by atoms with Gasteiger partial charge in [-0.05, 0) is 40.5 Å². The highest BCUT2D eigenvalue weighted by molar-refractivity contribution is 9.10. The maximum absolute atomic E-state index is 13.6. The van der Waals surface area contributed by atoms with Crippen LogP contribution in [0.15, 0.2) is 16.6 Å². The van der Waals surface area contributed by atoms with Crippen molar-refractivity contribution in [3.05, 3.63) is 44.4 Å². The van der Waals surface area contributed by atoms with Gasteiger partial charge in [-0.1, -0.05) is 0 Å². The second-order valence-electron chi connectivity index (χ2n) is 3.60. The van der Waals surface area contributed by atoms with E-state index in [4.69, 9.17) is 5.73 Å². The zero-order valence-electron chi connectivity index (χ0n) is 8.93. The van der Waals surface area contributed by atoms with Gasteiger partial charge >= 0.3 is 0 Å². The maximum atomic E-state index is 13.6. The molecule has 1 aromatic heterocycles. The first-order valence-corrected chi connectivity index (χ1v) is 6.43. The Morgan fingerprint density at radius 2 is 2.06 bits per heavy atom. The van der Waals surface area contributed by atoms with Crippen LogP contribution < -0.4 is 5.73 Å². The fraction of sp³-hybridized carbons (Fsp3) is 0.182. The number of hydrogen-bond donors (Lipinski definition) is 1. The van der Waals surface area contributed by atoms with Crippen molar-refractivity contribution in [2.75, 3.05) is 5.73 Å². The van der Waals surface area contributed by atoms with Gasteiger partial charge in [0, 0.05) is 11.3 Å². The first-order valence-electron chi connectivity index (χ1n) is 4.82. The maximum Gasteiger partial charge on any atom is 0.180 e. The molecule has 0 spiro atoms. The van der Waals surface area contributed by atoms with Crippen LogP contribution >= 0.6 is 27.3 Å². The Hall–Kier alpha value is -1.01. The van der Waals surface area contributed by atoms with Crippen LogP contribution in [0.3, 0.4) is 0 Å². The van der Waals surface area contributed by atoms with Crippen molar-refractivity contribution in [1.29, 1.82) is 0 Å². The number of nitrogen functional groups attached to an aromatic ring is 1. The molecule has 0 unspecified atom stereocenters. The van der Waals surface area contributed by atoms with Crippen LogP contribution in [0.2, 0.25) is 0 Å². The van der Waals surface area contributed by atoms with Gasteiger partial charge in [0.05, 0.1) is 10.2 Å².